The van der Waals surface area contributed by atoms with E-state index < -0.39 is 20.0 Å². The maximum Gasteiger partial charge on any atom is 0.261 e. The molecule has 2 N–H and O–H groups in total. The van der Waals surface area contributed by atoms with Crippen molar-refractivity contribution in [2.75, 3.05) is 24.4 Å². The van der Waals surface area contributed by atoms with Gasteiger partial charge in [0.15, 0.2) is 6.61 Å². The second-order valence-electron chi connectivity index (χ2n) is 9.22. The lowest BCUT2D eigenvalue weighted by Gasteiger charge is -2.15. The second-order valence-corrected chi connectivity index (χ2v) is 12.8. The number of nitrogens with zero attached hydrogens (tertiary/aromatic N) is 1. The van der Waals surface area contributed by atoms with Crippen molar-refractivity contribution in [3.8, 4) is 5.75 Å². The van der Waals surface area contributed by atoms with E-state index in [1.165, 1.54) is 22.5 Å². The molecule has 1 aliphatic heterocycles. The number of ether oxygens (including phenoxy) is 1. The van der Waals surface area contributed by atoms with Crippen molar-refractivity contribution < 1.29 is 26.4 Å². The molecule has 3 aromatic carbocycles. The standard InChI is InChI=1S/C27H31N3O6S2/c1-20-5-9-23(10-6-20)29-37(32,33)25-13-14-26(21(2)17-25)36-19-27(31)28-18-22-7-11-24(12-8-22)38(34,35)30-15-3-4-16-30/h5-14,17,29H,3-4,15-16,18-19H2,1-2H3,(H,28,31). The monoisotopic (exact) mass is 557 g/mol. The molecule has 0 spiro atoms. The summed E-state index contributed by atoms with van der Waals surface area (Å²) in [5, 5.41) is 2.74. The Morgan fingerprint density at radius 2 is 1.50 bits per heavy atom. The fourth-order valence-electron chi connectivity index (χ4n) is 4.04. The van der Waals surface area contributed by atoms with Gasteiger partial charge < -0.3 is 10.1 Å². The summed E-state index contributed by atoms with van der Waals surface area (Å²) in [6.45, 7) is 4.67. The lowest BCUT2D eigenvalue weighted by Crippen LogP contribution is -2.29. The zero-order chi connectivity index (χ0) is 27.3. The molecular formula is C27H31N3O6S2. The van der Waals surface area contributed by atoms with Gasteiger partial charge in [0.25, 0.3) is 15.9 Å². The molecule has 11 heteroatoms. The largest absolute Gasteiger partial charge is 0.484 e. The van der Waals surface area contributed by atoms with Crippen LogP contribution in [0, 0.1) is 13.8 Å². The van der Waals surface area contributed by atoms with Gasteiger partial charge in [0.2, 0.25) is 10.0 Å². The van der Waals surface area contributed by atoms with Crippen LogP contribution in [0.4, 0.5) is 5.69 Å². The van der Waals surface area contributed by atoms with E-state index in [1.807, 2.05) is 19.1 Å². The van der Waals surface area contributed by atoms with Gasteiger partial charge in [-0.3, -0.25) is 9.52 Å². The van der Waals surface area contributed by atoms with Gasteiger partial charge in [-0.05, 0) is 80.3 Å². The van der Waals surface area contributed by atoms with Crippen molar-refractivity contribution in [2.45, 2.75) is 43.0 Å². The molecule has 0 bridgehead atoms. The lowest BCUT2D eigenvalue weighted by molar-refractivity contribution is -0.123. The molecule has 3 aromatic rings. The van der Waals surface area contributed by atoms with Crippen LogP contribution in [0.1, 0.15) is 29.5 Å². The van der Waals surface area contributed by atoms with Crippen molar-refractivity contribution in [1.29, 1.82) is 0 Å². The molecule has 1 saturated heterocycles. The van der Waals surface area contributed by atoms with E-state index in [1.54, 1.807) is 43.3 Å². The third kappa shape index (κ3) is 6.72. The van der Waals surface area contributed by atoms with Gasteiger partial charge in [-0.2, -0.15) is 4.31 Å². The second kappa shape index (κ2) is 11.5. The topological polar surface area (TPSA) is 122 Å². The molecule has 4 rings (SSSR count). The Morgan fingerprint density at radius 3 is 2.13 bits per heavy atom. The molecule has 1 aliphatic rings. The van der Waals surface area contributed by atoms with Crippen molar-refractivity contribution in [1.82, 2.24) is 9.62 Å². The Balaban J connectivity index is 1.29. The summed E-state index contributed by atoms with van der Waals surface area (Å²) in [4.78, 5) is 12.6. The number of rotatable bonds is 10. The summed E-state index contributed by atoms with van der Waals surface area (Å²) >= 11 is 0. The number of amides is 1. The number of anilines is 1. The number of carbonyl (C=O) groups excluding carboxylic acids is 1. The number of hydrogen-bond acceptors (Lipinski definition) is 6. The minimum absolute atomic E-state index is 0.0857. The van der Waals surface area contributed by atoms with E-state index in [9.17, 15) is 21.6 Å². The van der Waals surface area contributed by atoms with Gasteiger partial charge in [0, 0.05) is 25.3 Å². The number of nitrogens with one attached hydrogen (secondary N) is 2. The molecule has 0 aliphatic carbocycles. The molecule has 0 unspecified atom stereocenters. The first-order chi connectivity index (χ1) is 18.0. The van der Waals surface area contributed by atoms with E-state index >= 15 is 0 Å². The van der Waals surface area contributed by atoms with Crippen molar-refractivity contribution in [3.63, 3.8) is 0 Å². The van der Waals surface area contributed by atoms with E-state index in [0.717, 1.165) is 24.0 Å². The van der Waals surface area contributed by atoms with Crippen LogP contribution in [-0.2, 0) is 31.4 Å². The highest BCUT2D eigenvalue weighted by Gasteiger charge is 2.26. The number of aryl methyl sites for hydroxylation is 2. The number of benzene rings is 3. The van der Waals surface area contributed by atoms with Crippen LogP contribution in [-0.4, -0.2) is 46.7 Å². The summed E-state index contributed by atoms with van der Waals surface area (Å²) in [5.74, 6) is 0.0295. The molecule has 1 heterocycles. The third-order valence-electron chi connectivity index (χ3n) is 6.24. The fraction of sp³-hybridized carbons (Fsp3) is 0.296. The first-order valence-corrected chi connectivity index (χ1v) is 15.2. The van der Waals surface area contributed by atoms with Gasteiger partial charge in [0.1, 0.15) is 5.75 Å². The molecule has 0 saturated carbocycles. The zero-order valence-electron chi connectivity index (χ0n) is 21.3. The maximum atomic E-state index is 12.7. The van der Waals surface area contributed by atoms with E-state index in [-0.39, 0.29) is 28.8 Å². The van der Waals surface area contributed by atoms with E-state index in [2.05, 4.69) is 10.0 Å². The molecule has 1 fully saturated rings. The van der Waals surface area contributed by atoms with Crippen LogP contribution in [0.3, 0.4) is 0 Å². The van der Waals surface area contributed by atoms with Gasteiger partial charge in [-0.25, -0.2) is 16.8 Å². The van der Waals surface area contributed by atoms with Crippen molar-refractivity contribution in [3.05, 3.63) is 83.4 Å². The van der Waals surface area contributed by atoms with Crippen LogP contribution in [0.25, 0.3) is 0 Å². The van der Waals surface area contributed by atoms with E-state index in [0.29, 0.717) is 30.1 Å². The quantitative estimate of drug-likeness (QED) is 0.393. The van der Waals surface area contributed by atoms with Crippen molar-refractivity contribution in [2.24, 2.45) is 0 Å². The average Bonchev–Trinajstić information content (AvgIpc) is 3.44. The summed E-state index contributed by atoms with van der Waals surface area (Å²) in [6.07, 6.45) is 1.75. The van der Waals surface area contributed by atoms with Gasteiger partial charge in [-0.15, -0.1) is 0 Å². The Bertz CT molecular complexity index is 1500. The van der Waals surface area contributed by atoms with Gasteiger partial charge in [-0.1, -0.05) is 29.8 Å². The predicted octanol–water partition coefficient (Wildman–Crippen LogP) is 3.58. The summed E-state index contributed by atoms with van der Waals surface area (Å²) in [6, 6.07) is 17.9. The molecular weight excluding hydrogens is 526 g/mol. The zero-order valence-corrected chi connectivity index (χ0v) is 22.9. The van der Waals surface area contributed by atoms with Gasteiger partial charge in [0.05, 0.1) is 9.79 Å². The Morgan fingerprint density at radius 1 is 0.868 bits per heavy atom. The minimum Gasteiger partial charge on any atom is -0.484 e. The summed E-state index contributed by atoms with van der Waals surface area (Å²) < 4.78 is 60.4. The first-order valence-electron chi connectivity index (χ1n) is 12.2. The van der Waals surface area contributed by atoms with Gasteiger partial charge >= 0.3 is 0 Å². The van der Waals surface area contributed by atoms with Crippen LogP contribution >= 0.6 is 0 Å². The highest BCUT2D eigenvalue weighted by Crippen LogP contribution is 2.24. The van der Waals surface area contributed by atoms with Crippen LogP contribution < -0.4 is 14.8 Å². The summed E-state index contributed by atoms with van der Waals surface area (Å²) in [7, 11) is -7.25. The first kappa shape index (κ1) is 27.6. The number of hydrogen-bond donors (Lipinski definition) is 2. The molecule has 1 amide bonds. The highest BCUT2D eigenvalue weighted by molar-refractivity contribution is 7.92. The highest BCUT2D eigenvalue weighted by atomic mass is 32.2. The average molecular weight is 558 g/mol. The smallest absolute Gasteiger partial charge is 0.261 e. The molecule has 0 aromatic heterocycles. The lowest BCUT2D eigenvalue weighted by atomic mass is 10.2. The molecule has 9 nitrogen and oxygen atoms in total. The van der Waals surface area contributed by atoms with Crippen LogP contribution in [0.15, 0.2) is 76.5 Å². The Labute approximate surface area is 223 Å². The Kier molecular flexibility index (Phi) is 8.39. The Hall–Kier alpha value is -3.41. The summed E-state index contributed by atoms with van der Waals surface area (Å²) in [5.41, 5.74) is 2.81. The molecule has 38 heavy (non-hydrogen) atoms. The molecule has 0 radical (unpaired) electrons. The third-order valence-corrected chi connectivity index (χ3v) is 9.53. The molecule has 202 valence electrons. The SMILES string of the molecule is Cc1ccc(NS(=O)(=O)c2ccc(OCC(=O)NCc3ccc(S(=O)(=O)N4CCCC4)cc3)c(C)c2)cc1. The van der Waals surface area contributed by atoms with Crippen LogP contribution in [0.5, 0.6) is 5.75 Å². The van der Waals surface area contributed by atoms with Crippen molar-refractivity contribution >= 4 is 31.6 Å². The maximum absolute atomic E-state index is 12.7. The number of carbonyl (C=O) groups is 1. The van der Waals surface area contributed by atoms with Crippen LogP contribution in [0.2, 0.25) is 0 Å². The predicted molar refractivity (Wildman–Crippen MR) is 145 cm³/mol. The van der Waals surface area contributed by atoms with E-state index in [4.69, 9.17) is 4.74 Å². The molecule has 0 atom stereocenters. The fourth-order valence-corrected chi connectivity index (χ4v) is 6.70. The minimum atomic E-state index is -3.78. The number of sulfonamides is 2. The normalized spacial score (nSPS) is 14.3.